The summed E-state index contributed by atoms with van der Waals surface area (Å²) in [4.78, 5) is 6.95. The van der Waals surface area contributed by atoms with Crippen molar-refractivity contribution in [1.29, 1.82) is 0 Å². The molecular weight excluding hydrogens is 358 g/mol. The molecule has 0 aromatic rings. The number of ether oxygens (including phenoxy) is 2. The number of hydrogen-bond donors (Lipinski definition) is 0. The lowest BCUT2D eigenvalue weighted by Crippen LogP contribution is -2.32. The average molecular weight is 391 g/mol. The number of aliphatic imine (C=N–C) groups is 1. The summed E-state index contributed by atoms with van der Waals surface area (Å²) in [6.07, 6.45) is 7.12. The van der Waals surface area contributed by atoms with Crippen molar-refractivity contribution in [2.24, 2.45) is 4.99 Å². The van der Waals surface area contributed by atoms with E-state index in [1.807, 2.05) is 0 Å². The van der Waals surface area contributed by atoms with E-state index in [2.05, 4.69) is 25.7 Å². The van der Waals surface area contributed by atoms with Crippen molar-refractivity contribution in [2.45, 2.75) is 57.0 Å². The molecule has 2 unspecified atom stereocenters. The van der Waals surface area contributed by atoms with E-state index in [0.717, 1.165) is 57.0 Å². The van der Waals surface area contributed by atoms with E-state index >= 15 is 0 Å². The molecule has 1 saturated heterocycles. The summed E-state index contributed by atoms with van der Waals surface area (Å²) >= 11 is 1.55. The maximum atomic E-state index is 13.6. The van der Waals surface area contributed by atoms with Crippen molar-refractivity contribution in [2.75, 3.05) is 38.6 Å². The summed E-state index contributed by atoms with van der Waals surface area (Å²) in [7, 11) is 2.15. The first kappa shape index (κ1) is 21.1. The monoisotopic (exact) mass is 390 g/mol. The third kappa shape index (κ3) is 9.37. The van der Waals surface area contributed by atoms with E-state index in [0.29, 0.717) is 11.3 Å². The number of rotatable bonds is 5. The Morgan fingerprint density at radius 2 is 2.28 bits per heavy atom. The van der Waals surface area contributed by atoms with E-state index in [1.165, 1.54) is 26.2 Å². The minimum atomic E-state index is -1.43. The van der Waals surface area contributed by atoms with Crippen LogP contribution in [0.4, 0.5) is 4.39 Å². The van der Waals surface area contributed by atoms with Gasteiger partial charge in [-0.3, -0.25) is 0 Å². The highest BCUT2D eigenvalue weighted by molar-refractivity contribution is 8.13. The van der Waals surface area contributed by atoms with Crippen molar-refractivity contribution in [3.05, 3.63) is 12.3 Å². The molecule has 0 spiro atoms. The van der Waals surface area contributed by atoms with Gasteiger partial charge >= 0.3 is 0 Å². The fourth-order valence-electron chi connectivity index (χ4n) is 2.93. The Morgan fingerprint density at radius 3 is 3.00 bits per heavy atom. The highest BCUT2D eigenvalue weighted by atomic mass is 32.2. The zero-order valence-corrected chi connectivity index (χ0v) is 17.3. The first-order valence-corrected chi connectivity index (χ1v) is 10.8. The fourth-order valence-corrected chi connectivity index (χ4v) is 3.79. The van der Waals surface area contributed by atoms with Crippen LogP contribution < -0.4 is 0 Å². The third-order valence-corrected chi connectivity index (χ3v) is 5.44. The van der Waals surface area contributed by atoms with Crippen molar-refractivity contribution in [3.8, 4) is 0 Å². The van der Waals surface area contributed by atoms with E-state index in [1.54, 1.807) is 11.8 Å². The Kier molecular flexibility index (Phi) is 9.18. The second kappa shape index (κ2) is 10.9. The van der Waals surface area contributed by atoms with Gasteiger partial charge in [0.15, 0.2) is 5.41 Å². The third-order valence-electron chi connectivity index (χ3n) is 4.33. The van der Waals surface area contributed by atoms with Gasteiger partial charge in [-0.1, -0.05) is 27.6 Å². The van der Waals surface area contributed by atoms with Gasteiger partial charge in [0.05, 0.1) is 6.10 Å². The van der Waals surface area contributed by atoms with Gasteiger partial charge in [0.2, 0.25) is 0 Å². The van der Waals surface area contributed by atoms with Crippen LogP contribution in [0.5, 0.6) is 0 Å². The van der Waals surface area contributed by atoms with Gasteiger partial charge in [-0.2, -0.15) is 0 Å². The van der Waals surface area contributed by atoms with Crippen LogP contribution in [-0.2, 0) is 9.47 Å². The van der Waals surface area contributed by atoms with E-state index in [-0.39, 0.29) is 6.61 Å². The highest BCUT2D eigenvalue weighted by Gasteiger charge is 2.19. The number of hydrogen-bond acceptors (Lipinski definition) is 5. The molecule has 0 amide bonds. The molecule has 0 saturated carbocycles. The zero-order chi connectivity index (χ0) is 18.1. The van der Waals surface area contributed by atoms with Crippen molar-refractivity contribution >= 4 is 26.2 Å². The van der Waals surface area contributed by atoms with Crippen LogP contribution in [0.15, 0.2) is 17.3 Å². The zero-order valence-electron chi connectivity index (χ0n) is 15.3. The first-order chi connectivity index (χ1) is 11.9. The fraction of sp³-hybridized carbons (Fsp3) is 0.833. The predicted molar refractivity (Wildman–Crippen MR) is 108 cm³/mol. The minimum Gasteiger partial charge on any atom is -0.469 e. The lowest BCUT2D eigenvalue weighted by atomic mass is 10.1. The summed E-state index contributed by atoms with van der Waals surface area (Å²) < 4.78 is 25.0. The van der Waals surface area contributed by atoms with Crippen LogP contribution in [-0.4, -0.2) is 60.2 Å². The molecule has 25 heavy (non-hydrogen) atoms. The molecule has 0 radical (unpaired) electrons. The second-order valence-corrected chi connectivity index (χ2v) is 9.33. The quantitative estimate of drug-likeness (QED) is 0.658. The van der Waals surface area contributed by atoms with Crippen LogP contribution in [0.1, 0.15) is 45.4 Å². The van der Waals surface area contributed by atoms with Gasteiger partial charge in [0, 0.05) is 37.6 Å². The maximum Gasteiger partial charge on any atom is 0.250 e. The summed E-state index contributed by atoms with van der Waals surface area (Å²) in [5, 5.41) is -0.891. The molecule has 0 bridgehead atoms. The number of alkyl halides is 1. The summed E-state index contributed by atoms with van der Waals surface area (Å²) in [5.74, 6) is 0.919. The highest BCUT2D eigenvalue weighted by Crippen LogP contribution is 2.22. The maximum absolute atomic E-state index is 13.6. The average Bonchev–Trinajstić information content (AvgIpc) is 2.58. The molecule has 0 aromatic carbocycles. The molecule has 3 atom stereocenters. The Labute approximate surface area is 158 Å². The number of nitrogens with zero attached hydrogens (tertiary/aromatic N) is 2. The molecule has 0 N–H and O–H groups in total. The Morgan fingerprint density at radius 1 is 1.44 bits per heavy atom. The second-order valence-electron chi connectivity index (χ2n) is 7.08. The lowest BCUT2D eigenvalue weighted by molar-refractivity contribution is 0.00557. The van der Waals surface area contributed by atoms with Crippen LogP contribution in [0, 0.1) is 0 Å². The van der Waals surface area contributed by atoms with Gasteiger partial charge in [-0.15, -0.1) is 0 Å². The molecule has 1 fully saturated rings. The molecule has 2 rings (SSSR count). The minimum absolute atomic E-state index is 0.00963. The predicted octanol–water partition coefficient (Wildman–Crippen LogP) is 4.22. The van der Waals surface area contributed by atoms with Crippen LogP contribution in [0.2, 0.25) is 0 Å². The summed E-state index contributed by atoms with van der Waals surface area (Å²) in [6, 6.07) is 0. The summed E-state index contributed by atoms with van der Waals surface area (Å²) in [5.41, 5.74) is 0.799. The van der Waals surface area contributed by atoms with Crippen molar-refractivity contribution in [1.82, 2.24) is 4.90 Å². The SMILES string of the molecule is C=C1CCN(CC[C@H]2CCCCO2)CCCS/C(OCC(C)(F)P)=N\1. The molecule has 2 aliphatic heterocycles. The Hall–Kier alpha value is -0.160. The van der Waals surface area contributed by atoms with Crippen LogP contribution in [0.3, 0.4) is 0 Å². The van der Waals surface area contributed by atoms with Gasteiger partial charge in [-0.25, -0.2) is 9.38 Å². The number of halogens is 1. The van der Waals surface area contributed by atoms with E-state index in [4.69, 9.17) is 9.47 Å². The molecule has 0 aliphatic carbocycles. The van der Waals surface area contributed by atoms with Gasteiger partial charge in [-0.05, 0) is 45.6 Å². The van der Waals surface area contributed by atoms with Crippen LogP contribution >= 0.6 is 21.0 Å². The molecule has 144 valence electrons. The Bertz CT molecular complexity index is 451. The van der Waals surface area contributed by atoms with E-state index in [9.17, 15) is 4.39 Å². The van der Waals surface area contributed by atoms with Crippen molar-refractivity contribution in [3.63, 3.8) is 0 Å². The normalized spacial score (nSPS) is 28.7. The largest absolute Gasteiger partial charge is 0.469 e. The molecule has 2 heterocycles. The summed E-state index contributed by atoms with van der Waals surface area (Å²) in [6.45, 7) is 9.51. The lowest BCUT2D eigenvalue weighted by Gasteiger charge is -2.28. The first-order valence-electron chi connectivity index (χ1n) is 9.26. The molecule has 0 aromatic heterocycles. The van der Waals surface area contributed by atoms with E-state index < -0.39 is 5.41 Å². The topological polar surface area (TPSA) is 34.1 Å². The van der Waals surface area contributed by atoms with Gasteiger partial charge in [0.1, 0.15) is 6.61 Å². The molecule has 2 aliphatic rings. The standard InChI is InChI=1S/C18H32FN2O2PS/c1-15-7-10-21(11-8-16-6-3-4-12-22-16)9-5-13-25-17(20-15)23-14-18(2,19)24/h16H,1,3-14,24H2,2H3/b20-17-/t16-,18?/m1/s1. The molecular formula is C18H32FN2O2PS. The van der Waals surface area contributed by atoms with Crippen LogP contribution in [0.25, 0.3) is 0 Å². The van der Waals surface area contributed by atoms with Crippen molar-refractivity contribution < 1.29 is 13.9 Å². The molecule has 4 nitrogen and oxygen atoms in total. The molecule has 7 heteroatoms. The number of thioether (sulfide) groups is 1. The van der Waals surface area contributed by atoms with Gasteiger partial charge in [0.25, 0.3) is 5.23 Å². The Balaban J connectivity index is 1.79. The van der Waals surface area contributed by atoms with Gasteiger partial charge < -0.3 is 14.4 Å². The smallest absolute Gasteiger partial charge is 0.250 e.